The van der Waals surface area contributed by atoms with E-state index in [-0.39, 0.29) is 0 Å². The first-order chi connectivity index (χ1) is 9.33. The highest BCUT2D eigenvalue weighted by molar-refractivity contribution is 4.90. The summed E-state index contributed by atoms with van der Waals surface area (Å²) in [5.41, 5.74) is 0. The van der Waals surface area contributed by atoms with Crippen LogP contribution in [0.3, 0.4) is 0 Å². The fraction of sp³-hybridized carbons (Fsp3) is 1.00. The first kappa shape index (κ1) is 13.8. The Balaban J connectivity index is 1.47. The van der Waals surface area contributed by atoms with Crippen LogP contribution in [0.4, 0.5) is 0 Å². The third-order valence-corrected chi connectivity index (χ3v) is 5.57. The Morgan fingerprint density at radius 1 is 1.00 bits per heavy atom. The molecule has 2 heterocycles. The molecule has 0 aromatic rings. The van der Waals surface area contributed by atoms with E-state index in [1.807, 2.05) is 0 Å². The van der Waals surface area contributed by atoms with Crippen molar-refractivity contribution in [2.75, 3.05) is 26.8 Å². The summed E-state index contributed by atoms with van der Waals surface area (Å²) in [4.78, 5) is 2.59. The van der Waals surface area contributed by atoms with E-state index in [9.17, 15) is 0 Å². The van der Waals surface area contributed by atoms with Crippen LogP contribution in [0.1, 0.15) is 51.4 Å². The Morgan fingerprint density at radius 2 is 1.79 bits per heavy atom. The number of nitrogens with zero attached hydrogens (tertiary/aromatic N) is 1. The predicted octanol–water partition coefficient (Wildman–Crippen LogP) is 2.41. The maximum atomic E-state index is 5.47. The van der Waals surface area contributed by atoms with Crippen molar-refractivity contribution in [3.05, 3.63) is 0 Å². The van der Waals surface area contributed by atoms with Crippen molar-refractivity contribution >= 4 is 0 Å². The SMILES string of the molecule is CN(CC1CCC2CCCCC2N1)C1CCOCC1. The van der Waals surface area contributed by atoms with Crippen molar-refractivity contribution in [3.8, 4) is 0 Å². The molecule has 3 fully saturated rings. The summed E-state index contributed by atoms with van der Waals surface area (Å²) in [7, 11) is 2.31. The maximum absolute atomic E-state index is 5.47. The second-order valence-corrected chi connectivity index (χ2v) is 6.88. The van der Waals surface area contributed by atoms with E-state index >= 15 is 0 Å². The second kappa shape index (κ2) is 6.55. The largest absolute Gasteiger partial charge is 0.381 e. The number of likely N-dealkylation sites (N-methyl/N-ethyl adjacent to an activating group) is 1. The molecule has 1 N–H and O–H groups in total. The minimum absolute atomic E-state index is 0.729. The first-order valence-corrected chi connectivity index (χ1v) is 8.37. The Kier molecular flexibility index (Phi) is 4.78. The van der Waals surface area contributed by atoms with Crippen LogP contribution in [0.5, 0.6) is 0 Å². The van der Waals surface area contributed by atoms with Crippen molar-refractivity contribution in [1.29, 1.82) is 0 Å². The van der Waals surface area contributed by atoms with Crippen molar-refractivity contribution in [1.82, 2.24) is 10.2 Å². The minimum atomic E-state index is 0.729. The van der Waals surface area contributed by atoms with E-state index in [0.29, 0.717) is 0 Å². The number of ether oxygens (including phenoxy) is 1. The van der Waals surface area contributed by atoms with Gasteiger partial charge in [0.1, 0.15) is 0 Å². The zero-order valence-corrected chi connectivity index (χ0v) is 12.4. The van der Waals surface area contributed by atoms with Gasteiger partial charge in [-0.3, -0.25) is 0 Å². The van der Waals surface area contributed by atoms with Gasteiger partial charge in [-0.2, -0.15) is 0 Å². The molecule has 0 aromatic carbocycles. The van der Waals surface area contributed by atoms with Gasteiger partial charge in [-0.1, -0.05) is 12.8 Å². The Morgan fingerprint density at radius 3 is 2.63 bits per heavy atom. The number of hydrogen-bond donors (Lipinski definition) is 1. The first-order valence-electron chi connectivity index (χ1n) is 8.37. The van der Waals surface area contributed by atoms with E-state index in [2.05, 4.69) is 17.3 Å². The molecule has 2 saturated heterocycles. The Labute approximate surface area is 118 Å². The monoisotopic (exact) mass is 266 g/mol. The van der Waals surface area contributed by atoms with Crippen LogP contribution in [0.2, 0.25) is 0 Å². The summed E-state index contributed by atoms with van der Waals surface area (Å²) in [5, 5.41) is 3.95. The summed E-state index contributed by atoms with van der Waals surface area (Å²) < 4.78 is 5.47. The zero-order valence-electron chi connectivity index (χ0n) is 12.4. The molecule has 3 nitrogen and oxygen atoms in total. The van der Waals surface area contributed by atoms with E-state index in [1.165, 1.54) is 57.9 Å². The third kappa shape index (κ3) is 3.50. The molecule has 2 aliphatic heterocycles. The van der Waals surface area contributed by atoms with Crippen LogP contribution >= 0.6 is 0 Å². The van der Waals surface area contributed by atoms with Crippen LogP contribution in [0.25, 0.3) is 0 Å². The molecule has 110 valence electrons. The third-order valence-electron chi connectivity index (χ3n) is 5.57. The number of rotatable bonds is 3. The second-order valence-electron chi connectivity index (χ2n) is 6.88. The van der Waals surface area contributed by atoms with Crippen LogP contribution in [-0.2, 0) is 4.74 Å². The summed E-state index contributed by atoms with van der Waals surface area (Å²) >= 11 is 0. The molecule has 0 aromatic heterocycles. The number of piperidine rings is 1. The number of hydrogen-bond acceptors (Lipinski definition) is 3. The minimum Gasteiger partial charge on any atom is -0.381 e. The van der Waals surface area contributed by atoms with Crippen molar-refractivity contribution in [2.24, 2.45) is 5.92 Å². The fourth-order valence-corrected chi connectivity index (χ4v) is 4.34. The molecule has 0 bridgehead atoms. The van der Waals surface area contributed by atoms with Gasteiger partial charge in [-0.25, -0.2) is 0 Å². The fourth-order valence-electron chi connectivity index (χ4n) is 4.34. The molecule has 19 heavy (non-hydrogen) atoms. The Hall–Kier alpha value is -0.120. The van der Waals surface area contributed by atoms with Crippen molar-refractivity contribution < 1.29 is 4.74 Å². The molecule has 3 aliphatic rings. The average Bonchev–Trinajstić information content (AvgIpc) is 2.48. The molecule has 0 radical (unpaired) electrons. The average molecular weight is 266 g/mol. The van der Waals surface area contributed by atoms with Crippen LogP contribution in [0.15, 0.2) is 0 Å². The van der Waals surface area contributed by atoms with Gasteiger partial charge in [0.25, 0.3) is 0 Å². The zero-order chi connectivity index (χ0) is 13.1. The van der Waals surface area contributed by atoms with Crippen LogP contribution in [-0.4, -0.2) is 49.8 Å². The highest BCUT2D eigenvalue weighted by atomic mass is 16.5. The molecular weight excluding hydrogens is 236 g/mol. The lowest BCUT2D eigenvalue weighted by Gasteiger charge is -2.42. The summed E-state index contributed by atoms with van der Waals surface area (Å²) in [6, 6.07) is 2.31. The molecule has 3 unspecified atom stereocenters. The number of nitrogens with one attached hydrogen (secondary N) is 1. The summed E-state index contributed by atoms with van der Waals surface area (Å²) in [5.74, 6) is 0.985. The molecular formula is C16H30N2O. The van der Waals surface area contributed by atoms with Gasteiger partial charge in [-0.05, 0) is 51.5 Å². The maximum Gasteiger partial charge on any atom is 0.0480 e. The molecule has 3 rings (SSSR count). The normalized spacial score (nSPS) is 37.3. The van der Waals surface area contributed by atoms with Gasteiger partial charge in [0, 0.05) is 37.9 Å². The lowest BCUT2D eigenvalue weighted by molar-refractivity contribution is 0.0360. The van der Waals surface area contributed by atoms with Gasteiger partial charge < -0.3 is 15.0 Å². The summed E-state index contributed by atoms with van der Waals surface area (Å²) in [6.45, 7) is 3.14. The standard InChI is InChI=1S/C16H30N2O/c1-18(15-8-10-19-11-9-15)12-14-7-6-13-4-2-3-5-16(13)17-14/h13-17H,2-12H2,1H3. The molecule has 3 atom stereocenters. The van der Waals surface area contributed by atoms with E-state index in [0.717, 1.165) is 37.3 Å². The molecule has 1 saturated carbocycles. The van der Waals surface area contributed by atoms with Gasteiger partial charge in [0.2, 0.25) is 0 Å². The highest BCUT2D eigenvalue weighted by Crippen LogP contribution is 2.32. The predicted molar refractivity (Wildman–Crippen MR) is 78.4 cm³/mol. The quantitative estimate of drug-likeness (QED) is 0.849. The van der Waals surface area contributed by atoms with Gasteiger partial charge in [-0.15, -0.1) is 0 Å². The van der Waals surface area contributed by atoms with Crippen LogP contribution < -0.4 is 5.32 Å². The van der Waals surface area contributed by atoms with Gasteiger partial charge in [0.15, 0.2) is 0 Å². The van der Waals surface area contributed by atoms with Gasteiger partial charge in [0.05, 0.1) is 0 Å². The Bertz CT molecular complexity index is 278. The highest BCUT2D eigenvalue weighted by Gasteiger charge is 2.32. The number of fused-ring (bicyclic) bond motifs is 1. The lowest BCUT2D eigenvalue weighted by Crippen LogP contribution is -2.53. The molecule has 1 aliphatic carbocycles. The van der Waals surface area contributed by atoms with E-state index in [1.54, 1.807) is 0 Å². The topological polar surface area (TPSA) is 24.5 Å². The smallest absolute Gasteiger partial charge is 0.0480 e. The van der Waals surface area contributed by atoms with Crippen molar-refractivity contribution in [3.63, 3.8) is 0 Å². The summed E-state index contributed by atoms with van der Waals surface area (Å²) in [6.07, 6.45) is 11.1. The molecule has 3 heteroatoms. The van der Waals surface area contributed by atoms with Gasteiger partial charge >= 0.3 is 0 Å². The molecule has 0 amide bonds. The lowest BCUT2D eigenvalue weighted by atomic mass is 9.77. The molecule has 0 spiro atoms. The van der Waals surface area contributed by atoms with Crippen molar-refractivity contribution in [2.45, 2.75) is 69.5 Å². The van der Waals surface area contributed by atoms with E-state index < -0.39 is 0 Å². The van der Waals surface area contributed by atoms with E-state index in [4.69, 9.17) is 4.74 Å². The van der Waals surface area contributed by atoms with Crippen LogP contribution in [0, 0.1) is 5.92 Å².